The lowest BCUT2D eigenvalue weighted by Gasteiger charge is -2.12. The van der Waals surface area contributed by atoms with Crippen LogP contribution < -0.4 is 5.73 Å². The fraction of sp³-hybridized carbons (Fsp3) is 0.400. The van der Waals surface area contributed by atoms with Crippen molar-refractivity contribution >= 4 is 29.1 Å². The Morgan fingerprint density at radius 1 is 1.30 bits per heavy atom. The van der Waals surface area contributed by atoms with E-state index in [0.717, 1.165) is 29.2 Å². The molecule has 5 heteroatoms. The number of thioether (sulfide) groups is 1. The van der Waals surface area contributed by atoms with Gasteiger partial charge in [0, 0.05) is 16.8 Å². The Hall–Kier alpha value is -1.13. The van der Waals surface area contributed by atoms with Crippen molar-refractivity contribution in [2.24, 2.45) is 0 Å². The third-order valence-corrected chi connectivity index (χ3v) is 4.69. The minimum Gasteiger partial charge on any atom is -0.398 e. The van der Waals surface area contributed by atoms with E-state index < -0.39 is 0 Å². The average molecular weight is 310 g/mol. The molecule has 1 aromatic heterocycles. The van der Waals surface area contributed by atoms with Gasteiger partial charge in [-0.1, -0.05) is 25.4 Å². The van der Waals surface area contributed by atoms with Gasteiger partial charge >= 0.3 is 0 Å². The lowest BCUT2D eigenvalue weighted by Crippen LogP contribution is -2.07. The molecule has 0 atom stereocenters. The van der Waals surface area contributed by atoms with E-state index in [0.29, 0.717) is 16.8 Å². The fourth-order valence-electron chi connectivity index (χ4n) is 2.08. The van der Waals surface area contributed by atoms with E-state index in [1.54, 1.807) is 11.8 Å². The number of aromatic nitrogens is 2. The van der Waals surface area contributed by atoms with Crippen LogP contribution in [0.3, 0.4) is 0 Å². The maximum absolute atomic E-state index is 6.02. The van der Waals surface area contributed by atoms with Gasteiger partial charge in [-0.25, -0.2) is 0 Å². The zero-order valence-electron chi connectivity index (χ0n) is 11.8. The normalized spacial score (nSPS) is 11.2. The molecule has 3 nitrogen and oxygen atoms in total. The van der Waals surface area contributed by atoms with Gasteiger partial charge in [0.2, 0.25) is 0 Å². The molecule has 2 aromatic rings. The Labute approximate surface area is 129 Å². The van der Waals surface area contributed by atoms with Gasteiger partial charge in [0.25, 0.3) is 0 Å². The molecule has 0 aliphatic heterocycles. The van der Waals surface area contributed by atoms with Gasteiger partial charge in [0.1, 0.15) is 0 Å². The van der Waals surface area contributed by atoms with Gasteiger partial charge in [-0.3, -0.25) is 4.68 Å². The molecule has 0 amide bonds. The van der Waals surface area contributed by atoms with Crippen LogP contribution in [0.2, 0.25) is 5.02 Å². The van der Waals surface area contributed by atoms with Crippen LogP contribution in [0, 0.1) is 0 Å². The molecular formula is C15H20ClN3S. The lowest BCUT2D eigenvalue weighted by atomic mass is 10.2. The molecule has 0 aliphatic carbocycles. The van der Waals surface area contributed by atoms with Crippen LogP contribution >= 0.6 is 23.4 Å². The first-order chi connectivity index (χ1) is 9.63. The second kappa shape index (κ2) is 7.04. The van der Waals surface area contributed by atoms with Gasteiger partial charge < -0.3 is 5.73 Å². The Balaban J connectivity index is 1.98. The standard InChI is InChI=1S/C15H20ClN3S/c1-3-12(4-2)19-8-7-11(18-19)10-20-13-5-6-15(17)14(16)9-13/h5-9,12H,3-4,10,17H2,1-2H3. The number of benzene rings is 1. The van der Waals surface area contributed by atoms with Crippen molar-refractivity contribution in [2.75, 3.05) is 5.73 Å². The number of nitrogens with zero attached hydrogens (tertiary/aromatic N) is 2. The second-order valence-electron chi connectivity index (χ2n) is 4.73. The molecule has 0 aliphatic rings. The van der Waals surface area contributed by atoms with Crippen molar-refractivity contribution < 1.29 is 0 Å². The summed E-state index contributed by atoms with van der Waals surface area (Å²) in [5.41, 5.74) is 7.42. The van der Waals surface area contributed by atoms with Crippen LogP contribution in [-0.4, -0.2) is 9.78 Å². The van der Waals surface area contributed by atoms with E-state index in [2.05, 4.69) is 35.9 Å². The molecule has 0 fully saturated rings. The third-order valence-electron chi connectivity index (χ3n) is 3.34. The molecule has 0 saturated heterocycles. The van der Waals surface area contributed by atoms with Crippen molar-refractivity contribution in [2.45, 2.75) is 43.4 Å². The largest absolute Gasteiger partial charge is 0.398 e. The Morgan fingerprint density at radius 2 is 2.05 bits per heavy atom. The van der Waals surface area contributed by atoms with Crippen molar-refractivity contribution in [3.63, 3.8) is 0 Å². The highest BCUT2D eigenvalue weighted by molar-refractivity contribution is 7.98. The van der Waals surface area contributed by atoms with Crippen molar-refractivity contribution in [1.82, 2.24) is 9.78 Å². The smallest absolute Gasteiger partial charge is 0.0727 e. The Bertz CT molecular complexity index is 564. The number of anilines is 1. The number of nitrogens with two attached hydrogens (primary N) is 1. The van der Waals surface area contributed by atoms with Crippen LogP contribution in [0.5, 0.6) is 0 Å². The van der Waals surface area contributed by atoms with E-state index in [1.165, 1.54) is 0 Å². The second-order valence-corrected chi connectivity index (χ2v) is 6.19. The average Bonchev–Trinajstić information content (AvgIpc) is 2.90. The molecule has 108 valence electrons. The van der Waals surface area contributed by atoms with Gasteiger partial charge in [0.05, 0.1) is 22.4 Å². The summed E-state index contributed by atoms with van der Waals surface area (Å²) >= 11 is 7.74. The van der Waals surface area contributed by atoms with E-state index in [9.17, 15) is 0 Å². The monoisotopic (exact) mass is 309 g/mol. The summed E-state index contributed by atoms with van der Waals surface area (Å²) in [5.74, 6) is 0.841. The van der Waals surface area contributed by atoms with E-state index in [1.807, 2.05) is 18.2 Å². The number of rotatable bonds is 6. The van der Waals surface area contributed by atoms with Gasteiger partial charge in [0.15, 0.2) is 0 Å². The highest BCUT2D eigenvalue weighted by Crippen LogP contribution is 2.28. The quantitative estimate of drug-likeness (QED) is 0.617. The minimum absolute atomic E-state index is 0.500. The Morgan fingerprint density at radius 3 is 2.70 bits per heavy atom. The van der Waals surface area contributed by atoms with Crippen molar-refractivity contribution in [3.8, 4) is 0 Å². The van der Waals surface area contributed by atoms with Crippen LogP contribution in [0.1, 0.15) is 38.4 Å². The first-order valence-corrected chi connectivity index (χ1v) is 8.22. The predicted octanol–water partition coefficient (Wildman–Crippen LogP) is 4.77. The van der Waals surface area contributed by atoms with E-state index in [4.69, 9.17) is 17.3 Å². The van der Waals surface area contributed by atoms with Crippen molar-refractivity contribution in [1.29, 1.82) is 0 Å². The van der Waals surface area contributed by atoms with Crippen LogP contribution in [-0.2, 0) is 5.75 Å². The Kier molecular flexibility index (Phi) is 5.38. The molecule has 1 heterocycles. The van der Waals surface area contributed by atoms with E-state index in [-0.39, 0.29) is 0 Å². The highest BCUT2D eigenvalue weighted by Gasteiger charge is 2.08. The van der Waals surface area contributed by atoms with E-state index >= 15 is 0 Å². The number of halogens is 1. The lowest BCUT2D eigenvalue weighted by molar-refractivity contribution is 0.426. The number of hydrogen-bond donors (Lipinski definition) is 1. The summed E-state index contributed by atoms with van der Waals surface area (Å²) in [6.07, 6.45) is 4.29. The SMILES string of the molecule is CCC(CC)n1ccc(CSc2ccc(N)c(Cl)c2)n1. The summed E-state index contributed by atoms with van der Waals surface area (Å²) in [5, 5.41) is 5.25. The van der Waals surface area contributed by atoms with Gasteiger partial charge in [-0.15, -0.1) is 11.8 Å². The molecular weight excluding hydrogens is 290 g/mol. The zero-order chi connectivity index (χ0) is 14.5. The molecule has 0 spiro atoms. The molecule has 2 rings (SSSR count). The maximum Gasteiger partial charge on any atom is 0.0727 e. The molecule has 1 aromatic carbocycles. The predicted molar refractivity (Wildman–Crippen MR) is 87.3 cm³/mol. The summed E-state index contributed by atoms with van der Waals surface area (Å²) in [6.45, 7) is 4.39. The summed E-state index contributed by atoms with van der Waals surface area (Å²) < 4.78 is 2.08. The topological polar surface area (TPSA) is 43.8 Å². The fourth-order valence-corrected chi connectivity index (χ4v) is 3.15. The third kappa shape index (κ3) is 3.70. The molecule has 0 bridgehead atoms. The molecule has 0 saturated carbocycles. The van der Waals surface area contributed by atoms with Crippen LogP contribution in [0.25, 0.3) is 0 Å². The van der Waals surface area contributed by atoms with Gasteiger partial charge in [-0.2, -0.15) is 5.10 Å². The summed E-state index contributed by atoms with van der Waals surface area (Å²) in [7, 11) is 0. The number of hydrogen-bond acceptors (Lipinski definition) is 3. The number of nitrogen functional groups attached to an aromatic ring is 1. The summed E-state index contributed by atoms with van der Waals surface area (Å²) in [4.78, 5) is 1.11. The first-order valence-electron chi connectivity index (χ1n) is 6.85. The van der Waals surface area contributed by atoms with Crippen LogP contribution in [0.4, 0.5) is 5.69 Å². The molecule has 20 heavy (non-hydrogen) atoms. The van der Waals surface area contributed by atoms with Crippen LogP contribution in [0.15, 0.2) is 35.4 Å². The zero-order valence-corrected chi connectivity index (χ0v) is 13.4. The first kappa shape index (κ1) is 15.3. The van der Waals surface area contributed by atoms with Crippen molar-refractivity contribution in [3.05, 3.63) is 41.2 Å². The molecule has 0 radical (unpaired) electrons. The minimum atomic E-state index is 0.500. The molecule has 0 unspecified atom stereocenters. The highest BCUT2D eigenvalue weighted by atomic mass is 35.5. The maximum atomic E-state index is 6.02. The summed E-state index contributed by atoms with van der Waals surface area (Å²) in [6, 6.07) is 8.32. The van der Waals surface area contributed by atoms with Gasteiger partial charge in [-0.05, 0) is 37.1 Å². The molecule has 2 N–H and O–H groups in total.